The van der Waals surface area contributed by atoms with Gasteiger partial charge in [0.25, 0.3) is 11.5 Å². The first-order valence-electron chi connectivity index (χ1n) is 8.62. The Hall–Kier alpha value is -2.25. The number of rotatable bonds is 5. The molecular weight excluding hydrogens is 320 g/mol. The van der Waals surface area contributed by atoms with Gasteiger partial charge in [-0.2, -0.15) is 0 Å². The number of ether oxygens (including phenoxy) is 1. The number of pyridine rings is 1. The van der Waals surface area contributed by atoms with Gasteiger partial charge in [0, 0.05) is 37.6 Å². The number of carbonyl (C=O) groups excluding carboxylic acids is 1. The molecule has 7 heteroatoms. The van der Waals surface area contributed by atoms with Gasteiger partial charge in [-0.15, -0.1) is 0 Å². The number of carbonyl (C=O) groups is 1. The lowest BCUT2D eigenvalue weighted by molar-refractivity contribution is -0.0169. The molecule has 134 valence electrons. The molecule has 7 nitrogen and oxygen atoms in total. The number of amides is 1. The summed E-state index contributed by atoms with van der Waals surface area (Å²) in [6.45, 7) is 7.82. The quantitative estimate of drug-likeness (QED) is 0.873. The number of nitrogens with one attached hydrogen (secondary N) is 1. The maximum Gasteiger partial charge on any atom is 0.270 e. The SMILES string of the molecule is CC[C@](C)(CNC(=O)c1cnc2ccccn2c1=O)N1CCOCC1. The van der Waals surface area contributed by atoms with Crippen LogP contribution in [0.5, 0.6) is 0 Å². The minimum atomic E-state index is -0.385. The van der Waals surface area contributed by atoms with Gasteiger partial charge in [-0.1, -0.05) is 13.0 Å². The van der Waals surface area contributed by atoms with Gasteiger partial charge in [-0.3, -0.25) is 18.9 Å². The summed E-state index contributed by atoms with van der Waals surface area (Å²) in [5, 5.41) is 2.92. The van der Waals surface area contributed by atoms with Crippen LogP contribution < -0.4 is 10.9 Å². The van der Waals surface area contributed by atoms with Crippen LogP contribution in [0.4, 0.5) is 0 Å². The predicted octanol–water partition coefficient (Wildman–Crippen LogP) is 0.925. The van der Waals surface area contributed by atoms with E-state index in [1.807, 2.05) is 0 Å². The van der Waals surface area contributed by atoms with Crippen molar-refractivity contribution in [1.29, 1.82) is 0 Å². The highest BCUT2D eigenvalue weighted by molar-refractivity contribution is 5.93. The molecule has 2 aromatic rings. The van der Waals surface area contributed by atoms with Crippen molar-refractivity contribution >= 4 is 11.6 Å². The molecule has 0 radical (unpaired) electrons. The number of morpholine rings is 1. The van der Waals surface area contributed by atoms with Crippen molar-refractivity contribution < 1.29 is 9.53 Å². The van der Waals surface area contributed by atoms with Gasteiger partial charge in [0.1, 0.15) is 11.2 Å². The zero-order valence-corrected chi connectivity index (χ0v) is 14.7. The fourth-order valence-corrected chi connectivity index (χ4v) is 3.11. The Morgan fingerprint density at radius 2 is 2.12 bits per heavy atom. The molecule has 0 aliphatic carbocycles. The Labute approximate surface area is 146 Å². The molecule has 1 saturated heterocycles. The van der Waals surface area contributed by atoms with Gasteiger partial charge in [-0.05, 0) is 25.5 Å². The van der Waals surface area contributed by atoms with E-state index >= 15 is 0 Å². The number of hydrogen-bond donors (Lipinski definition) is 1. The van der Waals surface area contributed by atoms with Gasteiger partial charge in [-0.25, -0.2) is 4.98 Å². The Kier molecular flexibility index (Phi) is 5.15. The van der Waals surface area contributed by atoms with Crippen LogP contribution in [0.3, 0.4) is 0 Å². The van der Waals surface area contributed by atoms with E-state index < -0.39 is 0 Å². The molecular formula is C18H24N4O3. The lowest BCUT2D eigenvalue weighted by atomic mass is 9.95. The van der Waals surface area contributed by atoms with Gasteiger partial charge in [0.05, 0.1) is 13.2 Å². The molecule has 0 saturated carbocycles. The Bertz CT molecular complexity index is 813. The van der Waals surface area contributed by atoms with Crippen molar-refractivity contribution in [2.75, 3.05) is 32.8 Å². The molecule has 0 aromatic carbocycles. The molecule has 3 rings (SSSR count). The summed E-state index contributed by atoms with van der Waals surface area (Å²) in [5.74, 6) is -0.385. The van der Waals surface area contributed by atoms with Gasteiger partial charge in [0.15, 0.2) is 0 Å². The average Bonchev–Trinajstić information content (AvgIpc) is 2.67. The second-order valence-electron chi connectivity index (χ2n) is 6.54. The summed E-state index contributed by atoms with van der Waals surface area (Å²) in [7, 11) is 0. The molecule has 0 bridgehead atoms. The zero-order valence-electron chi connectivity index (χ0n) is 14.7. The van der Waals surface area contributed by atoms with Crippen molar-refractivity contribution in [3.63, 3.8) is 0 Å². The molecule has 25 heavy (non-hydrogen) atoms. The van der Waals surface area contributed by atoms with Crippen LogP contribution in [0.25, 0.3) is 5.65 Å². The van der Waals surface area contributed by atoms with Crippen molar-refractivity contribution in [3.05, 3.63) is 46.5 Å². The van der Waals surface area contributed by atoms with E-state index in [9.17, 15) is 9.59 Å². The second kappa shape index (κ2) is 7.33. The molecule has 3 heterocycles. The van der Waals surface area contributed by atoms with Crippen molar-refractivity contribution in [2.24, 2.45) is 0 Å². The first-order valence-corrected chi connectivity index (χ1v) is 8.62. The third kappa shape index (κ3) is 3.57. The second-order valence-corrected chi connectivity index (χ2v) is 6.54. The summed E-state index contributed by atoms with van der Waals surface area (Å²) in [6.07, 6.45) is 3.86. The van der Waals surface area contributed by atoms with Crippen LogP contribution in [-0.4, -0.2) is 58.6 Å². The fraction of sp³-hybridized carbons (Fsp3) is 0.500. The summed E-state index contributed by atoms with van der Waals surface area (Å²) < 4.78 is 6.79. The standard InChI is InChI=1S/C18H24N4O3/c1-3-18(2,21-8-10-25-11-9-21)13-20-16(23)14-12-19-15-6-4-5-7-22(15)17(14)24/h4-7,12H,3,8-11,13H2,1-2H3,(H,20,23)/t18-/m1/s1. The maximum absolute atomic E-state index is 12.5. The molecule has 0 unspecified atom stereocenters. The third-order valence-corrected chi connectivity index (χ3v) is 5.02. The molecule has 1 amide bonds. The minimum absolute atomic E-state index is 0.0594. The van der Waals surface area contributed by atoms with E-state index in [2.05, 4.69) is 29.0 Å². The first-order chi connectivity index (χ1) is 12.0. The van der Waals surface area contributed by atoms with E-state index in [1.165, 1.54) is 10.6 Å². The molecule has 1 fully saturated rings. The molecule has 2 aromatic heterocycles. The normalized spacial score (nSPS) is 18.0. The first kappa shape index (κ1) is 17.6. The van der Waals surface area contributed by atoms with Crippen LogP contribution >= 0.6 is 0 Å². The Morgan fingerprint density at radius 3 is 2.84 bits per heavy atom. The van der Waals surface area contributed by atoms with Crippen molar-refractivity contribution in [3.8, 4) is 0 Å². The zero-order chi connectivity index (χ0) is 17.9. The Morgan fingerprint density at radius 1 is 1.36 bits per heavy atom. The van der Waals surface area contributed by atoms with Crippen molar-refractivity contribution in [2.45, 2.75) is 25.8 Å². The van der Waals surface area contributed by atoms with Gasteiger partial charge >= 0.3 is 0 Å². The molecule has 1 aliphatic rings. The number of nitrogens with zero attached hydrogens (tertiary/aromatic N) is 3. The largest absolute Gasteiger partial charge is 0.379 e. The highest BCUT2D eigenvalue weighted by atomic mass is 16.5. The summed E-state index contributed by atoms with van der Waals surface area (Å²) in [4.78, 5) is 31.6. The number of hydrogen-bond acceptors (Lipinski definition) is 5. The maximum atomic E-state index is 12.5. The smallest absolute Gasteiger partial charge is 0.270 e. The van der Waals surface area contributed by atoms with Crippen molar-refractivity contribution in [1.82, 2.24) is 19.6 Å². The lowest BCUT2D eigenvalue weighted by Crippen LogP contribution is -2.57. The van der Waals surface area contributed by atoms with Crippen LogP contribution in [0.15, 0.2) is 35.4 Å². The lowest BCUT2D eigenvalue weighted by Gasteiger charge is -2.43. The van der Waals surface area contributed by atoms with E-state index in [-0.39, 0.29) is 22.6 Å². The monoisotopic (exact) mass is 344 g/mol. The van der Waals surface area contributed by atoms with Crippen LogP contribution in [0.2, 0.25) is 0 Å². The van der Waals surface area contributed by atoms with E-state index in [0.717, 1.165) is 19.5 Å². The molecule has 1 atom stereocenters. The highest BCUT2D eigenvalue weighted by Crippen LogP contribution is 2.20. The van der Waals surface area contributed by atoms with Crippen LogP contribution in [0.1, 0.15) is 30.6 Å². The topological polar surface area (TPSA) is 75.9 Å². The summed E-state index contributed by atoms with van der Waals surface area (Å²) in [5.41, 5.74) is 0.0625. The minimum Gasteiger partial charge on any atom is -0.379 e. The molecule has 1 N–H and O–H groups in total. The molecule has 0 spiro atoms. The van der Waals surface area contributed by atoms with Gasteiger partial charge < -0.3 is 10.1 Å². The fourth-order valence-electron chi connectivity index (χ4n) is 3.11. The Balaban J connectivity index is 1.75. The number of fused-ring (bicyclic) bond motifs is 1. The predicted molar refractivity (Wildman–Crippen MR) is 94.9 cm³/mol. The van der Waals surface area contributed by atoms with E-state index in [0.29, 0.717) is 25.4 Å². The summed E-state index contributed by atoms with van der Waals surface area (Å²) >= 11 is 0. The average molecular weight is 344 g/mol. The van der Waals surface area contributed by atoms with Crippen LogP contribution in [0, 0.1) is 0 Å². The van der Waals surface area contributed by atoms with Crippen LogP contribution in [-0.2, 0) is 4.74 Å². The third-order valence-electron chi connectivity index (χ3n) is 5.02. The van der Waals surface area contributed by atoms with E-state index in [4.69, 9.17) is 4.74 Å². The number of aromatic nitrogens is 2. The van der Waals surface area contributed by atoms with E-state index in [1.54, 1.807) is 24.4 Å². The highest BCUT2D eigenvalue weighted by Gasteiger charge is 2.32. The summed E-state index contributed by atoms with van der Waals surface area (Å²) in [6, 6.07) is 5.27. The van der Waals surface area contributed by atoms with Gasteiger partial charge in [0.2, 0.25) is 0 Å². The molecule has 1 aliphatic heterocycles.